The number of rotatable bonds is 5. The first-order valence-corrected chi connectivity index (χ1v) is 11.0. The second kappa shape index (κ2) is 8.09. The summed E-state index contributed by atoms with van der Waals surface area (Å²) in [6.45, 7) is 0.188. The summed E-state index contributed by atoms with van der Waals surface area (Å²) < 4.78 is 29.3. The highest BCUT2D eigenvalue weighted by atomic mass is 35.5. The molecule has 1 aliphatic heterocycles. The number of carbonyl (C=O) groups is 1. The lowest BCUT2D eigenvalue weighted by Crippen LogP contribution is -2.40. The molecule has 0 unspecified atom stereocenters. The van der Waals surface area contributed by atoms with Crippen LogP contribution in [0, 0.1) is 0 Å². The van der Waals surface area contributed by atoms with Crippen LogP contribution in [-0.2, 0) is 16.4 Å². The van der Waals surface area contributed by atoms with E-state index in [1.54, 1.807) is 47.4 Å². The molecule has 5 nitrogen and oxygen atoms in total. The predicted octanol–water partition coefficient (Wildman–Crippen LogP) is 3.83. The van der Waals surface area contributed by atoms with Gasteiger partial charge in [0.25, 0.3) is 5.91 Å². The van der Waals surface area contributed by atoms with Crippen LogP contribution in [0.3, 0.4) is 0 Å². The average Bonchev–Trinajstić information content (AvgIpc) is 3.00. The second-order valence-electron chi connectivity index (χ2n) is 6.43. The lowest BCUT2D eigenvalue weighted by atomic mass is 10.1. The molecule has 27 heavy (non-hydrogen) atoms. The number of hydrogen-bond donors (Lipinski definition) is 0. The van der Waals surface area contributed by atoms with Gasteiger partial charge in [-0.2, -0.15) is 0 Å². The van der Waals surface area contributed by atoms with Gasteiger partial charge in [-0.1, -0.05) is 41.4 Å². The SMILES string of the molecule is COc1ccccc1C(=O)N(Cc1ccc(Cl)cc1Cl)[C@@H]1CCS(=O)(=O)C1. The molecule has 0 aromatic heterocycles. The monoisotopic (exact) mass is 427 g/mol. The van der Waals surface area contributed by atoms with Gasteiger partial charge in [-0.3, -0.25) is 4.79 Å². The molecule has 1 saturated heterocycles. The summed E-state index contributed by atoms with van der Waals surface area (Å²) in [4.78, 5) is 14.9. The molecular weight excluding hydrogens is 409 g/mol. The summed E-state index contributed by atoms with van der Waals surface area (Å²) in [6.07, 6.45) is 0.397. The van der Waals surface area contributed by atoms with E-state index in [-0.39, 0.29) is 24.0 Å². The first-order valence-electron chi connectivity index (χ1n) is 8.39. The van der Waals surface area contributed by atoms with Crippen molar-refractivity contribution in [2.24, 2.45) is 0 Å². The van der Waals surface area contributed by atoms with Crippen molar-refractivity contribution in [1.82, 2.24) is 4.90 Å². The first-order chi connectivity index (χ1) is 12.8. The van der Waals surface area contributed by atoms with Gasteiger partial charge in [0.05, 0.1) is 24.2 Å². The number of ether oxygens (including phenoxy) is 1. The maximum atomic E-state index is 13.3. The molecule has 0 spiro atoms. The summed E-state index contributed by atoms with van der Waals surface area (Å²) in [7, 11) is -1.67. The van der Waals surface area contributed by atoms with Crippen molar-refractivity contribution in [3.8, 4) is 5.75 Å². The highest BCUT2D eigenvalue weighted by Crippen LogP contribution is 2.28. The van der Waals surface area contributed by atoms with E-state index in [0.717, 1.165) is 0 Å². The third-order valence-corrected chi connectivity index (χ3v) is 6.94. The molecule has 0 N–H and O–H groups in total. The minimum atomic E-state index is -3.16. The minimum Gasteiger partial charge on any atom is -0.496 e. The number of halogens is 2. The molecule has 2 aromatic rings. The zero-order valence-corrected chi connectivity index (χ0v) is 17.0. The number of nitrogens with zero attached hydrogens (tertiary/aromatic N) is 1. The van der Waals surface area contributed by atoms with Crippen LogP contribution in [0.25, 0.3) is 0 Å². The van der Waals surface area contributed by atoms with Gasteiger partial charge in [0, 0.05) is 22.6 Å². The van der Waals surface area contributed by atoms with Crippen molar-refractivity contribution in [2.75, 3.05) is 18.6 Å². The Kier molecular flexibility index (Phi) is 5.99. The van der Waals surface area contributed by atoms with Gasteiger partial charge >= 0.3 is 0 Å². The van der Waals surface area contributed by atoms with E-state index in [2.05, 4.69) is 0 Å². The lowest BCUT2D eigenvalue weighted by Gasteiger charge is -2.29. The Hall–Kier alpha value is -1.76. The van der Waals surface area contributed by atoms with Crippen molar-refractivity contribution in [2.45, 2.75) is 19.0 Å². The molecule has 3 rings (SSSR count). The molecule has 0 saturated carbocycles. The first kappa shape index (κ1) is 20.0. The van der Waals surface area contributed by atoms with Crippen molar-refractivity contribution in [3.05, 3.63) is 63.6 Å². The number of methoxy groups -OCH3 is 1. The Morgan fingerprint density at radius 1 is 1.22 bits per heavy atom. The minimum absolute atomic E-state index is 0.0565. The molecule has 144 valence electrons. The molecule has 0 aliphatic carbocycles. The average molecular weight is 428 g/mol. The van der Waals surface area contributed by atoms with Crippen LogP contribution in [0.2, 0.25) is 10.0 Å². The van der Waals surface area contributed by atoms with Crippen molar-refractivity contribution >= 4 is 38.9 Å². The lowest BCUT2D eigenvalue weighted by molar-refractivity contribution is 0.0677. The van der Waals surface area contributed by atoms with Crippen LogP contribution in [0.15, 0.2) is 42.5 Å². The fourth-order valence-electron chi connectivity index (χ4n) is 3.20. The summed E-state index contributed by atoms with van der Waals surface area (Å²) >= 11 is 12.2. The predicted molar refractivity (Wildman–Crippen MR) is 106 cm³/mol. The summed E-state index contributed by atoms with van der Waals surface area (Å²) in [5.74, 6) is 0.164. The number of hydrogen-bond acceptors (Lipinski definition) is 4. The Bertz CT molecular complexity index is 962. The Morgan fingerprint density at radius 2 is 1.96 bits per heavy atom. The number of sulfone groups is 1. The van der Waals surface area contributed by atoms with Crippen LogP contribution in [0.1, 0.15) is 22.3 Å². The number of benzene rings is 2. The molecule has 1 amide bonds. The van der Waals surface area contributed by atoms with Gasteiger partial charge in [0.15, 0.2) is 9.84 Å². The zero-order valence-electron chi connectivity index (χ0n) is 14.7. The fraction of sp³-hybridized carbons (Fsp3) is 0.316. The molecule has 1 aliphatic rings. The molecule has 8 heteroatoms. The van der Waals surface area contributed by atoms with Gasteiger partial charge < -0.3 is 9.64 Å². The van der Waals surface area contributed by atoms with Gasteiger partial charge in [-0.25, -0.2) is 8.42 Å². The van der Waals surface area contributed by atoms with Gasteiger partial charge in [0.1, 0.15) is 5.75 Å². The Labute approximate surface area is 168 Å². The molecule has 0 radical (unpaired) electrons. The van der Waals surface area contributed by atoms with Gasteiger partial charge in [-0.15, -0.1) is 0 Å². The zero-order chi connectivity index (χ0) is 19.6. The summed E-state index contributed by atoms with van der Waals surface area (Å²) in [5.41, 5.74) is 1.09. The van der Waals surface area contributed by atoms with E-state index < -0.39 is 15.9 Å². The van der Waals surface area contributed by atoms with Crippen LogP contribution in [0.4, 0.5) is 0 Å². The highest BCUT2D eigenvalue weighted by molar-refractivity contribution is 7.91. The van der Waals surface area contributed by atoms with Crippen molar-refractivity contribution in [1.29, 1.82) is 0 Å². The molecular formula is C19H19Cl2NO4S. The molecule has 0 bridgehead atoms. The maximum absolute atomic E-state index is 13.3. The van der Waals surface area contributed by atoms with E-state index in [4.69, 9.17) is 27.9 Å². The Morgan fingerprint density at radius 3 is 2.59 bits per heavy atom. The number of amides is 1. The van der Waals surface area contributed by atoms with E-state index in [9.17, 15) is 13.2 Å². The largest absolute Gasteiger partial charge is 0.496 e. The molecule has 1 fully saturated rings. The third-order valence-electron chi connectivity index (χ3n) is 4.60. The van der Waals surface area contributed by atoms with Crippen LogP contribution < -0.4 is 4.74 Å². The van der Waals surface area contributed by atoms with E-state index in [0.29, 0.717) is 33.3 Å². The number of carbonyl (C=O) groups excluding carboxylic acids is 1. The van der Waals surface area contributed by atoms with Gasteiger partial charge in [0.2, 0.25) is 0 Å². The molecule has 2 aromatic carbocycles. The summed E-state index contributed by atoms with van der Waals surface area (Å²) in [5, 5.41) is 0.927. The highest BCUT2D eigenvalue weighted by Gasteiger charge is 2.36. The molecule has 1 atom stereocenters. The van der Waals surface area contributed by atoms with Crippen molar-refractivity contribution in [3.63, 3.8) is 0 Å². The second-order valence-corrected chi connectivity index (χ2v) is 9.50. The van der Waals surface area contributed by atoms with E-state index in [1.807, 2.05) is 0 Å². The quantitative estimate of drug-likeness (QED) is 0.726. The fourth-order valence-corrected chi connectivity index (χ4v) is 5.40. The third kappa shape index (κ3) is 4.57. The topological polar surface area (TPSA) is 63.7 Å². The normalized spacial score (nSPS) is 18.3. The van der Waals surface area contributed by atoms with Crippen LogP contribution >= 0.6 is 23.2 Å². The number of para-hydroxylation sites is 1. The van der Waals surface area contributed by atoms with Crippen molar-refractivity contribution < 1.29 is 17.9 Å². The maximum Gasteiger partial charge on any atom is 0.258 e. The van der Waals surface area contributed by atoms with Gasteiger partial charge in [-0.05, 0) is 36.2 Å². The Balaban J connectivity index is 1.98. The van der Waals surface area contributed by atoms with Crippen LogP contribution in [-0.4, -0.2) is 43.9 Å². The van der Waals surface area contributed by atoms with Crippen LogP contribution in [0.5, 0.6) is 5.75 Å². The van der Waals surface area contributed by atoms with E-state index in [1.165, 1.54) is 7.11 Å². The standard InChI is InChI=1S/C19H19Cl2NO4S/c1-26-18-5-3-2-4-16(18)19(23)22(15-8-9-27(24,25)12-15)11-13-6-7-14(20)10-17(13)21/h2-7,10,15H,8-9,11-12H2,1H3/t15-/m1/s1. The smallest absolute Gasteiger partial charge is 0.258 e. The molecule has 1 heterocycles. The summed E-state index contributed by atoms with van der Waals surface area (Å²) in [6, 6.07) is 11.5. The van der Waals surface area contributed by atoms with E-state index >= 15 is 0 Å².